The number of halogens is 4. The Morgan fingerprint density at radius 3 is 2.38 bits per heavy atom. The monoisotopic (exact) mass is 303 g/mol. The Morgan fingerprint density at radius 2 is 1.92 bits per heavy atom. The van der Waals surface area contributed by atoms with Crippen LogP contribution >= 0.6 is 22.6 Å². The van der Waals surface area contributed by atoms with E-state index >= 15 is 0 Å². The zero-order valence-electron chi connectivity index (χ0n) is 6.52. The van der Waals surface area contributed by atoms with Crippen molar-refractivity contribution in [2.45, 2.75) is 6.18 Å². The minimum absolute atomic E-state index is 0.271. The third kappa shape index (κ3) is 2.04. The van der Waals surface area contributed by atoms with E-state index in [-0.39, 0.29) is 3.57 Å². The topological polar surface area (TPSA) is 22.0 Å². The first-order chi connectivity index (χ1) is 5.84. The van der Waals surface area contributed by atoms with Gasteiger partial charge in [-0.05, 0) is 34.7 Å². The molecular weight excluding hydrogens is 298 g/mol. The van der Waals surface area contributed by atoms with Crippen LogP contribution in [0, 0.1) is 3.57 Å². The molecule has 0 aliphatic heterocycles. The van der Waals surface area contributed by atoms with Crippen molar-refractivity contribution in [3.05, 3.63) is 31.8 Å². The van der Waals surface area contributed by atoms with Crippen LogP contribution in [0.25, 0.3) is 0 Å². The first-order valence-electron chi connectivity index (χ1n) is 3.27. The van der Waals surface area contributed by atoms with Gasteiger partial charge in [-0.25, -0.2) is 0 Å². The summed E-state index contributed by atoms with van der Waals surface area (Å²) >= 11 is 1.69. The zero-order valence-corrected chi connectivity index (χ0v) is 8.68. The molecule has 6 heteroatoms. The molecule has 1 aromatic heterocycles. The van der Waals surface area contributed by atoms with E-state index in [4.69, 9.17) is 0 Å². The van der Waals surface area contributed by atoms with Crippen molar-refractivity contribution in [3.8, 4) is 0 Å². The lowest BCUT2D eigenvalue weighted by molar-refractivity contribution is -0.143. The molecule has 0 aliphatic rings. The molecule has 2 nitrogen and oxygen atoms in total. The van der Waals surface area contributed by atoms with Crippen molar-refractivity contribution in [2.24, 2.45) is 7.05 Å². The lowest BCUT2D eigenvalue weighted by Gasteiger charge is -2.10. The third-order valence-corrected chi connectivity index (χ3v) is 2.37. The maximum absolute atomic E-state index is 12.2. The number of rotatable bonds is 0. The number of nitrogens with zero attached hydrogens (tertiary/aromatic N) is 1. The van der Waals surface area contributed by atoms with E-state index < -0.39 is 17.4 Å². The zero-order chi connectivity index (χ0) is 10.2. The lowest BCUT2D eigenvalue weighted by Crippen LogP contribution is -2.26. The molecule has 0 spiro atoms. The Bertz CT molecular complexity index is 382. The fourth-order valence-electron chi connectivity index (χ4n) is 0.889. The summed E-state index contributed by atoms with van der Waals surface area (Å²) in [5.41, 5.74) is -1.56. The summed E-state index contributed by atoms with van der Waals surface area (Å²) in [5, 5.41) is 0. The second-order valence-corrected chi connectivity index (χ2v) is 3.59. The van der Waals surface area contributed by atoms with Crippen LogP contribution in [0.4, 0.5) is 13.2 Å². The summed E-state index contributed by atoms with van der Waals surface area (Å²) in [6, 6.07) is 2.05. The Hall–Kier alpha value is -0.530. The van der Waals surface area contributed by atoms with Gasteiger partial charge < -0.3 is 4.57 Å². The SMILES string of the molecule is Cn1c(C(F)(F)F)ccc(I)c1=O. The largest absolute Gasteiger partial charge is 0.431 e. The molecule has 0 atom stereocenters. The van der Waals surface area contributed by atoms with Crippen molar-refractivity contribution < 1.29 is 13.2 Å². The number of alkyl halides is 3. The molecule has 0 saturated heterocycles. The van der Waals surface area contributed by atoms with Gasteiger partial charge in [-0.2, -0.15) is 13.2 Å². The van der Waals surface area contributed by atoms with Crippen molar-refractivity contribution in [2.75, 3.05) is 0 Å². The molecule has 72 valence electrons. The molecule has 0 unspecified atom stereocenters. The molecule has 13 heavy (non-hydrogen) atoms. The van der Waals surface area contributed by atoms with Crippen LogP contribution in [0.15, 0.2) is 16.9 Å². The summed E-state index contributed by atoms with van der Waals surface area (Å²) in [5.74, 6) is 0. The third-order valence-electron chi connectivity index (χ3n) is 1.55. The van der Waals surface area contributed by atoms with Gasteiger partial charge in [-0.1, -0.05) is 0 Å². The van der Waals surface area contributed by atoms with Gasteiger partial charge in [-0.3, -0.25) is 4.79 Å². The smallest absolute Gasteiger partial charge is 0.307 e. The Kier molecular flexibility index (Phi) is 2.69. The van der Waals surface area contributed by atoms with E-state index in [9.17, 15) is 18.0 Å². The number of pyridine rings is 1. The number of aromatic nitrogens is 1. The highest BCUT2D eigenvalue weighted by atomic mass is 127. The van der Waals surface area contributed by atoms with Gasteiger partial charge in [0.1, 0.15) is 5.69 Å². The molecule has 0 N–H and O–H groups in total. The molecule has 1 heterocycles. The molecule has 0 radical (unpaired) electrons. The maximum Gasteiger partial charge on any atom is 0.431 e. The van der Waals surface area contributed by atoms with Crippen LogP contribution in [-0.4, -0.2) is 4.57 Å². The van der Waals surface area contributed by atoms with Crippen LogP contribution < -0.4 is 5.56 Å². The molecule has 0 aliphatic carbocycles. The van der Waals surface area contributed by atoms with Crippen LogP contribution in [0.1, 0.15) is 5.69 Å². The van der Waals surface area contributed by atoms with Crippen LogP contribution in [0.5, 0.6) is 0 Å². The summed E-state index contributed by atoms with van der Waals surface area (Å²) < 4.78 is 37.5. The molecule has 1 rings (SSSR count). The van der Waals surface area contributed by atoms with Crippen LogP contribution in [-0.2, 0) is 13.2 Å². The van der Waals surface area contributed by atoms with E-state index in [1.165, 1.54) is 0 Å². The predicted octanol–water partition coefficient (Wildman–Crippen LogP) is 2.01. The van der Waals surface area contributed by atoms with Gasteiger partial charge in [0.25, 0.3) is 5.56 Å². The first-order valence-corrected chi connectivity index (χ1v) is 4.34. The maximum atomic E-state index is 12.2. The fraction of sp³-hybridized carbons (Fsp3) is 0.286. The lowest BCUT2D eigenvalue weighted by atomic mass is 10.3. The van der Waals surface area contributed by atoms with Gasteiger partial charge in [0.15, 0.2) is 0 Å². The molecule has 0 bridgehead atoms. The predicted molar refractivity (Wildman–Crippen MR) is 49.4 cm³/mol. The van der Waals surface area contributed by atoms with Crippen molar-refractivity contribution in [1.29, 1.82) is 0 Å². The Balaban J connectivity index is 3.44. The van der Waals surface area contributed by atoms with E-state index in [0.717, 1.165) is 19.2 Å². The Labute approximate surface area is 85.5 Å². The summed E-state index contributed by atoms with van der Waals surface area (Å²) in [6.45, 7) is 0. The second kappa shape index (κ2) is 3.32. The summed E-state index contributed by atoms with van der Waals surface area (Å²) in [7, 11) is 1.10. The van der Waals surface area contributed by atoms with E-state index in [2.05, 4.69) is 0 Å². The average Bonchev–Trinajstić information content (AvgIpc) is 1.98. The first kappa shape index (κ1) is 10.6. The standard InChI is InChI=1S/C7H5F3INO/c1-12-5(7(8,9)10)3-2-4(11)6(12)13/h2-3H,1H3. The van der Waals surface area contributed by atoms with Crippen molar-refractivity contribution in [3.63, 3.8) is 0 Å². The second-order valence-electron chi connectivity index (χ2n) is 2.43. The highest BCUT2D eigenvalue weighted by Crippen LogP contribution is 2.27. The van der Waals surface area contributed by atoms with Crippen LogP contribution in [0.2, 0.25) is 0 Å². The highest BCUT2D eigenvalue weighted by Gasteiger charge is 2.33. The fourth-order valence-corrected chi connectivity index (χ4v) is 1.43. The normalized spacial score (nSPS) is 11.8. The number of hydrogen-bond acceptors (Lipinski definition) is 1. The van der Waals surface area contributed by atoms with Gasteiger partial charge in [0.2, 0.25) is 0 Å². The van der Waals surface area contributed by atoms with Gasteiger partial charge >= 0.3 is 6.18 Å². The molecular formula is C7H5F3INO. The molecule has 1 aromatic rings. The van der Waals surface area contributed by atoms with Gasteiger partial charge in [0, 0.05) is 7.05 Å². The Morgan fingerprint density at radius 1 is 1.38 bits per heavy atom. The molecule has 0 saturated carbocycles. The minimum Gasteiger partial charge on any atom is -0.307 e. The quantitative estimate of drug-likeness (QED) is 0.672. The van der Waals surface area contributed by atoms with Crippen molar-refractivity contribution >= 4 is 22.6 Å². The summed E-state index contributed by atoms with van der Waals surface area (Å²) in [4.78, 5) is 11.1. The minimum atomic E-state index is -4.47. The van der Waals surface area contributed by atoms with E-state index in [1.54, 1.807) is 22.6 Å². The average molecular weight is 303 g/mol. The van der Waals surface area contributed by atoms with Crippen LogP contribution in [0.3, 0.4) is 0 Å². The molecule has 0 amide bonds. The summed E-state index contributed by atoms with van der Waals surface area (Å²) in [6.07, 6.45) is -4.47. The van der Waals surface area contributed by atoms with E-state index in [0.29, 0.717) is 4.57 Å². The number of hydrogen-bond donors (Lipinski definition) is 0. The molecule has 0 fully saturated rings. The van der Waals surface area contributed by atoms with Gasteiger partial charge in [0.05, 0.1) is 3.57 Å². The van der Waals surface area contributed by atoms with Gasteiger partial charge in [-0.15, -0.1) is 0 Å². The van der Waals surface area contributed by atoms with E-state index in [1.807, 2.05) is 0 Å². The molecule has 0 aromatic carbocycles. The highest BCUT2D eigenvalue weighted by molar-refractivity contribution is 14.1. The van der Waals surface area contributed by atoms with Crippen molar-refractivity contribution in [1.82, 2.24) is 4.57 Å².